The van der Waals surface area contributed by atoms with Crippen LogP contribution in [0.25, 0.3) is 0 Å². The molecule has 0 unspecified atom stereocenters. The van der Waals surface area contributed by atoms with Crippen molar-refractivity contribution in [1.82, 2.24) is 10.3 Å². The predicted molar refractivity (Wildman–Crippen MR) is 78.4 cm³/mol. The number of nitrogens with zero attached hydrogens (tertiary/aromatic N) is 1. The fraction of sp³-hybridized carbons (Fsp3) is 0.143. The average Bonchev–Trinajstić information content (AvgIpc) is 2.47. The topological polar surface area (TPSA) is 51.2 Å². The van der Waals surface area contributed by atoms with E-state index in [1.165, 1.54) is 6.07 Å². The predicted octanol–water partition coefficient (Wildman–Crippen LogP) is 3.33. The average molecular weight is 311 g/mol. The summed E-state index contributed by atoms with van der Waals surface area (Å²) >= 11 is 11.8. The van der Waals surface area contributed by atoms with Gasteiger partial charge in [0, 0.05) is 23.8 Å². The number of hydrogen-bond donors (Lipinski definition) is 1. The molecule has 0 aliphatic rings. The fourth-order valence-electron chi connectivity index (χ4n) is 1.59. The van der Waals surface area contributed by atoms with Crippen LogP contribution in [0.15, 0.2) is 36.5 Å². The molecule has 1 aromatic heterocycles. The van der Waals surface area contributed by atoms with Crippen LogP contribution in [0.2, 0.25) is 10.0 Å². The van der Waals surface area contributed by atoms with E-state index < -0.39 is 0 Å². The van der Waals surface area contributed by atoms with Crippen LogP contribution >= 0.6 is 23.2 Å². The summed E-state index contributed by atoms with van der Waals surface area (Å²) in [5.74, 6) is 0.242. The van der Waals surface area contributed by atoms with Crippen LogP contribution in [0.5, 0.6) is 5.88 Å². The van der Waals surface area contributed by atoms with Gasteiger partial charge in [-0.3, -0.25) is 4.79 Å². The standard InChI is InChI=1S/C14H12Cl2N2O2/c1-20-13-5-2-9(7-17-13)8-18-14(19)11-6-10(15)3-4-12(11)16/h2-7H,8H2,1H3,(H,18,19). The first-order chi connectivity index (χ1) is 9.60. The summed E-state index contributed by atoms with van der Waals surface area (Å²) in [5, 5.41) is 3.58. The van der Waals surface area contributed by atoms with Crippen LogP contribution in [0.1, 0.15) is 15.9 Å². The molecule has 2 rings (SSSR count). The van der Waals surface area contributed by atoms with Crippen molar-refractivity contribution < 1.29 is 9.53 Å². The van der Waals surface area contributed by atoms with Crippen molar-refractivity contribution in [2.75, 3.05) is 7.11 Å². The minimum absolute atomic E-state index is 0.284. The summed E-state index contributed by atoms with van der Waals surface area (Å²) in [6.07, 6.45) is 1.64. The zero-order valence-electron chi connectivity index (χ0n) is 10.7. The summed E-state index contributed by atoms with van der Waals surface area (Å²) in [7, 11) is 1.55. The van der Waals surface area contributed by atoms with E-state index in [0.717, 1.165) is 5.56 Å². The van der Waals surface area contributed by atoms with Gasteiger partial charge in [0.1, 0.15) is 0 Å². The molecule has 104 valence electrons. The SMILES string of the molecule is COc1ccc(CNC(=O)c2cc(Cl)ccc2Cl)cn1. The van der Waals surface area contributed by atoms with Gasteiger partial charge in [0.05, 0.1) is 17.7 Å². The first-order valence-corrected chi connectivity index (χ1v) is 6.58. The molecule has 0 fully saturated rings. The number of rotatable bonds is 4. The molecular formula is C14H12Cl2N2O2. The number of nitrogens with one attached hydrogen (secondary N) is 1. The third kappa shape index (κ3) is 3.62. The molecule has 6 heteroatoms. The van der Waals surface area contributed by atoms with E-state index in [-0.39, 0.29) is 5.91 Å². The van der Waals surface area contributed by atoms with E-state index >= 15 is 0 Å². The van der Waals surface area contributed by atoms with Crippen LogP contribution < -0.4 is 10.1 Å². The van der Waals surface area contributed by atoms with Crippen molar-refractivity contribution in [2.24, 2.45) is 0 Å². The molecule has 0 bridgehead atoms. The van der Waals surface area contributed by atoms with Gasteiger partial charge >= 0.3 is 0 Å². The van der Waals surface area contributed by atoms with Crippen molar-refractivity contribution in [1.29, 1.82) is 0 Å². The van der Waals surface area contributed by atoms with Gasteiger partial charge in [-0.2, -0.15) is 0 Å². The maximum Gasteiger partial charge on any atom is 0.253 e. The monoisotopic (exact) mass is 310 g/mol. The molecule has 2 aromatic rings. The molecule has 0 saturated heterocycles. The van der Waals surface area contributed by atoms with Gasteiger partial charge < -0.3 is 10.1 Å². The minimum Gasteiger partial charge on any atom is -0.481 e. The van der Waals surface area contributed by atoms with Crippen LogP contribution in [0.3, 0.4) is 0 Å². The fourth-order valence-corrected chi connectivity index (χ4v) is 1.96. The van der Waals surface area contributed by atoms with Crippen molar-refractivity contribution in [3.05, 3.63) is 57.7 Å². The van der Waals surface area contributed by atoms with Crippen molar-refractivity contribution in [3.63, 3.8) is 0 Å². The maximum absolute atomic E-state index is 12.0. The summed E-state index contributed by atoms with van der Waals surface area (Å²) in [6.45, 7) is 0.346. The van der Waals surface area contributed by atoms with Gasteiger partial charge in [-0.1, -0.05) is 29.3 Å². The van der Waals surface area contributed by atoms with Gasteiger partial charge in [-0.15, -0.1) is 0 Å². The maximum atomic E-state index is 12.0. The number of aromatic nitrogens is 1. The molecule has 0 saturated carbocycles. The molecule has 0 radical (unpaired) electrons. The lowest BCUT2D eigenvalue weighted by Gasteiger charge is -2.07. The molecule has 0 aliphatic heterocycles. The lowest BCUT2D eigenvalue weighted by atomic mass is 10.2. The highest BCUT2D eigenvalue weighted by Crippen LogP contribution is 2.20. The Balaban J connectivity index is 2.02. The summed E-state index contributed by atoms with van der Waals surface area (Å²) in [6, 6.07) is 8.31. The first kappa shape index (κ1) is 14.6. The molecule has 0 aliphatic carbocycles. The van der Waals surface area contributed by atoms with Crippen molar-refractivity contribution in [2.45, 2.75) is 6.54 Å². The van der Waals surface area contributed by atoms with E-state index in [1.54, 1.807) is 31.5 Å². The number of ether oxygens (including phenoxy) is 1. The Bertz CT molecular complexity index is 615. The van der Waals surface area contributed by atoms with E-state index in [0.29, 0.717) is 28.0 Å². The Morgan fingerprint density at radius 3 is 2.75 bits per heavy atom. The summed E-state index contributed by atoms with van der Waals surface area (Å²) < 4.78 is 4.96. The molecule has 0 spiro atoms. The van der Waals surface area contributed by atoms with Gasteiger partial charge in [0.15, 0.2) is 0 Å². The lowest BCUT2D eigenvalue weighted by Crippen LogP contribution is -2.23. The molecule has 1 heterocycles. The second-order valence-electron chi connectivity index (χ2n) is 4.02. The number of pyridine rings is 1. The Kier molecular flexibility index (Phi) is 4.82. The Morgan fingerprint density at radius 2 is 2.10 bits per heavy atom. The molecule has 1 aromatic carbocycles. The number of methoxy groups -OCH3 is 1. The molecule has 1 amide bonds. The molecule has 1 N–H and O–H groups in total. The zero-order chi connectivity index (χ0) is 14.5. The molecule has 4 nitrogen and oxygen atoms in total. The smallest absolute Gasteiger partial charge is 0.253 e. The second-order valence-corrected chi connectivity index (χ2v) is 4.86. The third-order valence-corrected chi connectivity index (χ3v) is 3.20. The van der Waals surface area contributed by atoms with Gasteiger partial charge in [0.2, 0.25) is 5.88 Å². The van der Waals surface area contributed by atoms with Crippen LogP contribution in [-0.2, 0) is 6.54 Å². The number of carbonyl (C=O) groups excluding carboxylic acids is 1. The summed E-state index contributed by atoms with van der Waals surface area (Å²) in [4.78, 5) is 16.1. The molecular weight excluding hydrogens is 299 g/mol. The zero-order valence-corrected chi connectivity index (χ0v) is 12.2. The van der Waals surface area contributed by atoms with Gasteiger partial charge in [-0.25, -0.2) is 4.98 Å². The van der Waals surface area contributed by atoms with Crippen LogP contribution in [0, 0.1) is 0 Å². The highest BCUT2D eigenvalue weighted by atomic mass is 35.5. The highest BCUT2D eigenvalue weighted by molar-refractivity contribution is 6.35. The van der Waals surface area contributed by atoms with Crippen molar-refractivity contribution in [3.8, 4) is 5.88 Å². The van der Waals surface area contributed by atoms with Crippen molar-refractivity contribution >= 4 is 29.1 Å². The van der Waals surface area contributed by atoms with Crippen LogP contribution in [-0.4, -0.2) is 18.0 Å². The van der Waals surface area contributed by atoms with E-state index in [2.05, 4.69) is 10.3 Å². The first-order valence-electron chi connectivity index (χ1n) is 5.82. The highest BCUT2D eigenvalue weighted by Gasteiger charge is 2.10. The van der Waals surface area contributed by atoms with E-state index in [9.17, 15) is 4.79 Å². The molecule has 20 heavy (non-hydrogen) atoms. The Hall–Kier alpha value is -1.78. The normalized spacial score (nSPS) is 10.2. The summed E-state index contributed by atoms with van der Waals surface area (Å²) in [5.41, 5.74) is 1.21. The van der Waals surface area contributed by atoms with Gasteiger partial charge in [-0.05, 0) is 23.8 Å². The number of carbonyl (C=O) groups is 1. The number of halogens is 2. The quantitative estimate of drug-likeness (QED) is 0.942. The van der Waals surface area contributed by atoms with Gasteiger partial charge in [0.25, 0.3) is 5.91 Å². The van der Waals surface area contributed by atoms with E-state index in [4.69, 9.17) is 27.9 Å². The number of benzene rings is 1. The lowest BCUT2D eigenvalue weighted by molar-refractivity contribution is 0.0951. The minimum atomic E-state index is -0.284. The van der Waals surface area contributed by atoms with E-state index in [1.807, 2.05) is 6.07 Å². The molecule has 0 atom stereocenters. The number of amides is 1. The second kappa shape index (κ2) is 6.59. The Morgan fingerprint density at radius 1 is 1.30 bits per heavy atom. The Labute approximate surface area is 126 Å². The largest absolute Gasteiger partial charge is 0.481 e. The number of hydrogen-bond acceptors (Lipinski definition) is 3. The van der Waals surface area contributed by atoms with Crippen LogP contribution in [0.4, 0.5) is 0 Å². The third-order valence-electron chi connectivity index (χ3n) is 2.63.